The molecule has 2 unspecified atom stereocenters. The molecule has 0 bridgehead atoms. The summed E-state index contributed by atoms with van der Waals surface area (Å²) in [4.78, 5) is 36.7. The molecular weight excluding hydrogens is 618 g/mol. The summed E-state index contributed by atoms with van der Waals surface area (Å²) in [6.07, 6.45) is 31.5. The first kappa shape index (κ1) is 47.3. The summed E-state index contributed by atoms with van der Waals surface area (Å²) >= 11 is 0. The van der Waals surface area contributed by atoms with Crippen LogP contribution in [0.25, 0.3) is 0 Å². The Bertz CT molecular complexity index is 782. The first-order chi connectivity index (χ1) is 23.6. The zero-order valence-electron chi connectivity index (χ0n) is 32.9. The minimum atomic E-state index is -0.872. The van der Waals surface area contributed by atoms with E-state index < -0.39 is 18.1 Å². The fraction of sp³-hybridized carbons (Fsp3) is 0.927. The Kier molecular flexibility index (Phi) is 32.3. The van der Waals surface area contributed by atoms with E-state index in [0.29, 0.717) is 19.3 Å². The second kappa shape index (κ2) is 33.5. The Morgan fingerprint density at radius 2 is 0.898 bits per heavy atom. The molecule has 290 valence electrons. The number of esters is 2. The predicted molar refractivity (Wildman–Crippen MR) is 202 cm³/mol. The zero-order chi connectivity index (χ0) is 36.4. The van der Waals surface area contributed by atoms with Crippen LogP contribution in [0.4, 0.5) is 0 Å². The van der Waals surface area contributed by atoms with Crippen molar-refractivity contribution >= 4 is 17.9 Å². The van der Waals surface area contributed by atoms with Gasteiger partial charge in [-0.05, 0) is 12.8 Å². The van der Waals surface area contributed by atoms with Crippen molar-refractivity contribution in [2.75, 3.05) is 41.0 Å². The van der Waals surface area contributed by atoms with E-state index in [4.69, 9.17) is 14.2 Å². The molecule has 0 spiro atoms. The Balaban J connectivity index is 4.27. The number of carboxylic acid groups (broad SMARTS) is 1. The second-order valence-electron chi connectivity index (χ2n) is 15.3. The lowest BCUT2D eigenvalue weighted by atomic mass is 10.0. The lowest BCUT2D eigenvalue weighted by molar-refractivity contribution is -0.887. The SMILES string of the molecule is CCCCCCCCCCCCCCCCCCCC(=O)OC(COCCC(C(=O)O)[N+](C)(C)C)COC(=O)CCCCCCCCCC. The van der Waals surface area contributed by atoms with Gasteiger partial charge in [0.15, 0.2) is 12.1 Å². The average molecular weight is 699 g/mol. The van der Waals surface area contributed by atoms with Gasteiger partial charge in [-0.15, -0.1) is 0 Å². The van der Waals surface area contributed by atoms with Crippen molar-refractivity contribution in [3.8, 4) is 0 Å². The minimum absolute atomic E-state index is 0.0433. The maximum absolute atomic E-state index is 12.7. The van der Waals surface area contributed by atoms with Crippen LogP contribution >= 0.6 is 0 Å². The largest absolute Gasteiger partial charge is 0.477 e. The fourth-order valence-corrected chi connectivity index (χ4v) is 6.27. The van der Waals surface area contributed by atoms with Gasteiger partial charge in [-0.1, -0.05) is 162 Å². The standard InChI is InChI=1S/C41H79NO7/c1-6-8-10-12-14-16-17-18-19-20-21-22-23-24-26-28-30-32-40(44)49-37(35-47-34-33-38(41(45)46)42(3,4)5)36-48-39(43)31-29-27-25-15-13-11-9-7-2/h37-38H,6-36H2,1-5H3/p+1. The van der Waals surface area contributed by atoms with E-state index in [9.17, 15) is 19.5 Å². The van der Waals surface area contributed by atoms with Crippen LogP contribution in [0.1, 0.15) is 194 Å². The van der Waals surface area contributed by atoms with Crippen molar-refractivity contribution in [1.29, 1.82) is 0 Å². The molecule has 0 saturated carbocycles. The van der Waals surface area contributed by atoms with Gasteiger partial charge in [0.05, 0.1) is 34.4 Å². The highest BCUT2D eigenvalue weighted by Crippen LogP contribution is 2.15. The Labute approximate surface area is 302 Å². The summed E-state index contributed by atoms with van der Waals surface area (Å²) in [5.74, 6) is -1.46. The average Bonchev–Trinajstić information content (AvgIpc) is 3.05. The van der Waals surface area contributed by atoms with E-state index in [1.807, 2.05) is 21.1 Å². The van der Waals surface area contributed by atoms with Crippen LogP contribution in [0.3, 0.4) is 0 Å². The summed E-state index contributed by atoms with van der Waals surface area (Å²) in [6, 6.07) is -0.606. The monoisotopic (exact) mass is 699 g/mol. The third-order valence-electron chi connectivity index (χ3n) is 9.51. The molecule has 0 amide bonds. The molecule has 0 saturated heterocycles. The van der Waals surface area contributed by atoms with Crippen molar-refractivity contribution in [2.45, 2.75) is 206 Å². The predicted octanol–water partition coefficient (Wildman–Crippen LogP) is 10.6. The molecule has 1 N–H and O–H groups in total. The van der Waals surface area contributed by atoms with Crippen molar-refractivity contribution in [3.05, 3.63) is 0 Å². The molecule has 8 nitrogen and oxygen atoms in total. The van der Waals surface area contributed by atoms with Crippen molar-refractivity contribution in [3.63, 3.8) is 0 Å². The van der Waals surface area contributed by atoms with Gasteiger partial charge >= 0.3 is 17.9 Å². The van der Waals surface area contributed by atoms with E-state index in [1.54, 1.807) is 0 Å². The summed E-state index contributed by atoms with van der Waals surface area (Å²) in [5.41, 5.74) is 0. The van der Waals surface area contributed by atoms with Crippen LogP contribution in [-0.2, 0) is 28.6 Å². The molecule has 0 rings (SSSR count). The van der Waals surface area contributed by atoms with E-state index in [1.165, 1.54) is 122 Å². The Morgan fingerprint density at radius 1 is 0.531 bits per heavy atom. The first-order valence-electron chi connectivity index (χ1n) is 20.6. The third kappa shape index (κ3) is 32.0. The summed E-state index contributed by atoms with van der Waals surface area (Å²) in [7, 11) is 5.53. The van der Waals surface area contributed by atoms with Crippen LogP contribution in [0, 0.1) is 0 Å². The van der Waals surface area contributed by atoms with E-state index in [0.717, 1.165) is 38.5 Å². The van der Waals surface area contributed by atoms with Gasteiger partial charge in [0.1, 0.15) is 6.61 Å². The molecule has 0 radical (unpaired) electrons. The molecule has 0 aliphatic heterocycles. The lowest BCUT2D eigenvalue weighted by Gasteiger charge is -2.31. The van der Waals surface area contributed by atoms with E-state index >= 15 is 0 Å². The van der Waals surface area contributed by atoms with Crippen molar-refractivity contribution < 1.29 is 38.2 Å². The Hall–Kier alpha value is -1.67. The smallest absolute Gasteiger partial charge is 0.362 e. The molecule has 0 aliphatic carbocycles. The molecule has 0 aromatic carbocycles. The maximum Gasteiger partial charge on any atom is 0.362 e. The number of carboxylic acids is 1. The molecule has 0 heterocycles. The topological polar surface area (TPSA) is 99.1 Å². The number of hydrogen-bond acceptors (Lipinski definition) is 6. The number of carbonyl (C=O) groups is 3. The van der Waals surface area contributed by atoms with E-state index in [-0.39, 0.29) is 36.2 Å². The molecule has 0 aromatic rings. The minimum Gasteiger partial charge on any atom is -0.477 e. The number of hydrogen-bond donors (Lipinski definition) is 1. The van der Waals surface area contributed by atoms with Gasteiger partial charge in [0.25, 0.3) is 0 Å². The van der Waals surface area contributed by atoms with Crippen LogP contribution < -0.4 is 0 Å². The number of ether oxygens (including phenoxy) is 3. The third-order valence-corrected chi connectivity index (χ3v) is 9.51. The molecule has 2 atom stereocenters. The molecule has 8 heteroatoms. The summed E-state index contributed by atoms with van der Waals surface area (Å²) in [5, 5.41) is 9.58. The number of unbranched alkanes of at least 4 members (excludes halogenated alkanes) is 23. The van der Waals surface area contributed by atoms with Crippen LogP contribution in [0.2, 0.25) is 0 Å². The number of carbonyl (C=O) groups excluding carboxylic acids is 2. The number of aliphatic carboxylic acids is 1. The molecule has 0 fully saturated rings. The highest BCUT2D eigenvalue weighted by Gasteiger charge is 2.31. The van der Waals surface area contributed by atoms with Gasteiger partial charge in [-0.2, -0.15) is 0 Å². The second-order valence-corrected chi connectivity index (χ2v) is 15.3. The normalized spacial score (nSPS) is 12.9. The van der Waals surface area contributed by atoms with Gasteiger partial charge in [0, 0.05) is 19.3 Å². The van der Waals surface area contributed by atoms with E-state index in [2.05, 4.69) is 13.8 Å². The number of rotatable bonds is 37. The number of nitrogens with zero attached hydrogens (tertiary/aromatic N) is 1. The van der Waals surface area contributed by atoms with Gasteiger partial charge in [-0.3, -0.25) is 9.59 Å². The summed E-state index contributed by atoms with van der Waals surface area (Å²) < 4.78 is 17.2. The highest BCUT2D eigenvalue weighted by molar-refractivity contribution is 5.72. The number of quaternary nitrogens is 1. The van der Waals surface area contributed by atoms with Gasteiger partial charge in [0.2, 0.25) is 0 Å². The highest BCUT2D eigenvalue weighted by atomic mass is 16.6. The number of likely N-dealkylation sites (N-methyl/N-ethyl adjacent to an activating group) is 1. The van der Waals surface area contributed by atoms with Crippen molar-refractivity contribution in [1.82, 2.24) is 0 Å². The first-order valence-corrected chi connectivity index (χ1v) is 20.6. The fourth-order valence-electron chi connectivity index (χ4n) is 6.27. The van der Waals surface area contributed by atoms with Gasteiger partial charge < -0.3 is 23.8 Å². The molecule has 0 aromatic heterocycles. The van der Waals surface area contributed by atoms with Crippen LogP contribution in [0.5, 0.6) is 0 Å². The summed E-state index contributed by atoms with van der Waals surface area (Å²) in [6.45, 7) is 4.73. The lowest BCUT2D eigenvalue weighted by Crippen LogP contribution is -2.50. The Morgan fingerprint density at radius 3 is 1.27 bits per heavy atom. The zero-order valence-corrected chi connectivity index (χ0v) is 32.9. The maximum atomic E-state index is 12.7. The molecular formula is C41H80NO7+. The van der Waals surface area contributed by atoms with Gasteiger partial charge in [-0.25, -0.2) is 4.79 Å². The van der Waals surface area contributed by atoms with Crippen molar-refractivity contribution in [2.24, 2.45) is 0 Å². The molecule has 0 aliphatic rings. The van der Waals surface area contributed by atoms with Crippen LogP contribution in [-0.4, -0.2) is 80.6 Å². The molecule has 49 heavy (non-hydrogen) atoms. The quantitative estimate of drug-likeness (QED) is 0.0392. The van der Waals surface area contributed by atoms with Crippen LogP contribution in [0.15, 0.2) is 0 Å².